The number of carboxylic acids is 1. The van der Waals surface area contributed by atoms with Gasteiger partial charge < -0.3 is 15.7 Å². The van der Waals surface area contributed by atoms with Crippen LogP contribution in [0.2, 0.25) is 0 Å². The lowest BCUT2D eigenvalue weighted by Crippen LogP contribution is -2.47. The van der Waals surface area contributed by atoms with Crippen LogP contribution in [0.3, 0.4) is 0 Å². The van der Waals surface area contributed by atoms with Crippen molar-refractivity contribution in [2.75, 3.05) is 6.54 Å². The van der Waals surface area contributed by atoms with E-state index in [1.807, 2.05) is 0 Å². The summed E-state index contributed by atoms with van der Waals surface area (Å²) in [6, 6.07) is -1.06. The van der Waals surface area contributed by atoms with E-state index in [4.69, 9.17) is 5.11 Å². The number of nitrogens with one attached hydrogen (secondary N) is 2. The van der Waals surface area contributed by atoms with Crippen LogP contribution in [-0.2, 0) is 4.79 Å². The number of carboxylic acid groups (broad SMARTS) is 1. The summed E-state index contributed by atoms with van der Waals surface area (Å²) in [5, 5.41) is 14.2. The normalized spacial score (nSPS) is 20.7. The van der Waals surface area contributed by atoms with Gasteiger partial charge in [0.2, 0.25) is 0 Å². The van der Waals surface area contributed by atoms with E-state index in [1.165, 1.54) is 19.3 Å². The lowest BCUT2D eigenvalue weighted by molar-refractivity contribution is -0.139. The Morgan fingerprint density at radius 2 is 1.94 bits per heavy atom. The van der Waals surface area contributed by atoms with Crippen molar-refractivity contribution in [1.29, 1.82) is 0 Å². The van der Waals surface area contributed by atoms with Crippen LogP contribution in [0.15, 0.2) is 0 Å². The van der Waals surface area contributed by atoms with Crippen LogP contribution in [0.5, 0.6) is 0 Å². The van der Waals surface area contributed by atoms with E-state index in [2.05, 4.69) is 10.6 Å². The van der Waals surface area contributed by atoms with Gasteiger partial charge in [0, 0.05) is 6.54 Å². The number of hydrogen-bond acceptors (Lipinski definition) is 2. The lowest BCUT2D eigenvalue weighted by Gasteiger charge is -2.14. The standard InChI is InChI=1S/C12H20N2O3/c15-11(16)10(9-5-6-9)14-12(17)13-7-1-2-8-3-4-8/h8-10H,1-7H2,(H,15,16)(H2,13,14,17). The SMILES string of the molecule is O=C(NCCCC1CC1)NC(C(=O)O)C1CC1. The molecule has 2 aliphatic carbocycles. The van der Waals surface area contributed by atoms with Crippen LogP contribution >= 0.6 is 0 Å². The molecule has 5 nitrogen and oxygen atoms in total. The Kier molecular flexibility index (Phi) is 3.86. The van der Waals surface area contributed by atoms with Gasteiger partial charge in [0.25, 0.3) is 0 Å². The van der Waals surface area contributed by atoms with Crippen LogP contribution < -0.4 is 10.6 Å². The number of urea groups is 1. The molecule has 0 aromatic heterocycles. The number of aliphatic carboxylic acids is 1. The molecule has 2 amide bonds. The molecule has 17 heavy (non-hydrogen) atoms. The van der Waals surface area contributed by atoms with E-state index in [-0.39, 0.29) is 11.9 Å². The summed E-state index contributed by atoms with van der Waals surface area (Å²) in [4.78, 5) is 22.4. The second-order valence-electron chi connectivity index (χ2n) is 5.14. The average Bonchev–Trinajstić information content (AvgIpc) is 3.14. The maximum atomic E-state index is 11.5. The Morgan fingerprint density at radius 1 is 1.24 bits per heavy atom. The first-order valence-electron chi connectivity index (χ1n) is 6.44. The summed E-state index contributed by atoms with van der Waals surface area (Å²) in [5.74, 6) is 0.0726. The minimum atomic E-state index is -0.930. The number of rotatable bonds is 7. The molecule has 2 saturated carbocycles. The molecule has 0 saturated heterocycles. The van der Waals surface area contributed by atoms with Gasteiger partial charge in [0.15, 0.2) is 0 Å². The molecular weight excluding hydrogens is 220 g/mol. The first kappa shape index (κ1) is 12.2. The van der Waals surface area contributed by atoms with E-state index >= 15 is 0 Å². The van der Waals surface area contributed by atoms with Crippen LogP contribution in [-0.4, -0.2) is 29.7 Å². The van der Waals surface area contributed by atoms with Gasteiger partial charge in [-0.25, -0.2) is 9.59 Å². The number of hydrogen-bond donors (Lipinski definition) is 3. The van der Waals surface area contributed by atoms with Gasteiger partial charge in [-0.1, -0.05) is 12.8 Å². The second kappa shape index (κ2) is 5.38. The Hall–Kier alpha value is -1.26. The summed E-state index contributed by atoms with van der Waals surface area (Å²) in [6.07, 6.45) is 6.62. The summed E-state index contributed by atoms with van der Waals surface area (Å²) in [7, 11) is 0. The van der Waals surface area contributed by atoms with E-state index in [0.717, 1.165) is 25.2 Å². The van der Waals surface area contributed by atoms with Gasteiger partial charge >= 0.3 is 12.0 Å². The molecule has 0 radical (unpaired) electrons. The quantitative estimate of drug-likeness (QED) is 0.587. The molecule has 2 fully saturated rings. The van der Waals surface area contributed by atoms with Crippen LogP contribution in [0.25, 0.3) is 0 Å². The predicted molar refractivity (Wildman–Crippen MR) is 62.6 cm³/mol. The number of carbonyl (C=O) groups excluding carboxylic acids is 1. The molecule has 0 heterocycles. The highest BCUT2D eigenvalue weighted by atomic mass is 16.4. The van der Waals surface area contributed by atoms with E-state index in [9.17, 15) is 9.59 Å². The zero-order valence-corrected chi connectivity index (χ0v) is 9.95. The summed E-state index contributed by atoms with van der Waals surface area (Å²) >= 11 is 0. The average molecular weight is 240 g/mol. The van der Waals surface area contributed by atoms with Crippen LogP contribution in [0.1, 0.15) is 38.5 Å². The maximum Gasteiger partial charge on any atom is 0.326 e. The fourth-order valence-corrected chi connectivity index (χ4v) is 2.00. The van der Waals surface area contributed by atoms with Crippen LogP contribution in [0.4, 0.5) is 4.79 Å². The number of carbonyl (C=O) groups is 2. The molecule has 2 rings (SSSR count). The fraction of sp³-hybridized carbons (Fsp3) is 0.833. The van der Waals surface area contributed by atoms with Gasteiger partial charge in [-0.05, 0) is 37.5 Å². The molecule has 0 aliphatic heterocycles. The Balaban J connectivity index is 1.59. The van der Waals surface area contributed by atoms with E-state index in [1.54, 1.807) is 0 Å². The molecule has 96 valence electrons. The van der Waals surface area contributed by atoms with Crippen molar-refractivity contribution < 1.29 is 14.7 Å². The maximum absolute atomic E-state index is 11.5. The first-order valence-corrected chi connectivity index (χ1v) is 6.44. The lowest BCUT2D eigenvalue weighted by atomic mass is 10.2. The van der Waals surface area contributed by atoms with Gasteiger partial charge in [-0.2, -0.15) is 0 Å². The van der Waals surface area contributed by atoms with Crippen molar-refractivity contribution in [3.05, 3.63) is 0 Å². The smallest absolute Gasteiger partial charge is 0.326 e. The Bertz CT molecular complexity index is 298. The van der Waals surface area contributed by atoms with Crippen molar-refractivity contribution in [2.24, 2.45) is 11.8 Å². The highest BCUT2D eigenvalue weighted by Gasteiger charge is 2.37. The fourth-order valence-electron chi connectivity index (χ4n) is 2.00. The van der Waals surface area contributed by atoms with Gasteiger partial charge in [0.05, 0.1) is 0 Å². The highest BCUT2D eigenvalue weighted by molar-refractivity contribution is 5.83. The summed E-state index contributed by atoms with van der Waals surface area (Å²) in [6.45, 7) is 0.638. The molecule has 3 N–H and O–H groups in total. The highest BCUT2D eigenvalue weighted by Crippen LogP contribution is 2.33. The summed E-state index contributed by atoms with van der Waals surface area (Å²) in [5.41, 5.74) is 0. The van der Waals surface area contributed by atoms with Gasteiger partial charge in [-0.3, -0.25) is 0 Å². The molecule has 0 aromatic carbocycles. The molecule has 1 unspecified atom stereocenters. The molecule has 0 bridgehead atoms. The number of amides is 2. The van der Waals surface area contributed by atoms with Gasteiger partial charge in [0.1, 0.15) is 6.04 Å². The largest absolute Gasteiger partial charge is 0.480 e. The zero-order chi connectivity index (χ0) is 12.3. The topological polar surface area (TPSA) is 78.4 Å². The van der Waals surface area contributed by atoms with Crippen molar-refractivity contribution >= 4 is 12.0 Å². The molecule has 2 aliphatic rings. The van der Waals surface area contributed by atoms with Crippen molar-refractivity contribution in [1.82, 2.24) is 10.6 Å². The van der Waals surface area contributed by atoms with E-state index < -0.39 is 12.0 Å². The molecule has 0 spiro atoms. The van der Waals surface area contributed by atoms with Crippen molar-refractivity contribution in [2.45, 2.75) is 44.6 Å². The monoisotopic (exact) mass is 240 g/mol. The molecule has 5 heteroatoms. The third kappa shape index (κ3) is 4.24. The molecule has 1 atom stereocenters. The third-order valence-electron chi connectivity index (χ3n) is 3.42. The third-order valence-corrected chi connectivity index (χ3v) is 3.42. The second-order valence-corrected chi connectivity index (χ2v) is 5.14. The molecular formula is C12H20N2O3. The van der Waals surface area contributed by atoms with Crippen molar-refractivity contribution in [3.8, 4) is 0 Å². The van der Waals surface area contributed by atoms with Gasteiger partial charge in [-0.15, -0.1) is 0 Å². The Morgan fingerprint density at radius 3 is 2.47 bits per heavy atom. The minimum absolute atomic E-state index is 0.129. The van der Waals surface area contributed by atoms with Crippen LogP contribution in [0, 0.1) is 11.8 Å². The zero-order valence-electron chi connectivity index (χ0n) is 9.95. The predicted octanol–water partition coefficient (Wildman–Crippen LogP) is 1.34. The molecule has 0 aromatic rings. The summed E-state index contributed by atoms with van der Waals surface area (Å²) < 4.78 is 0. The first-order chi connectivity index (χ1) is 8.16. The Labute approximate surface area is 101 Å². The van der Waals surface area contributed by atoms with E-state index in [0.29, 0.717) is 6.54 Å². The van der Waals surface area contributed by atoms with Crippen molar-refractivity contribution in [3.63, 3.8) is 0 Å². The minimum Gasteiger partial charge on any atom is -0.480 e.